The zero-order chi connectivity index (χ0) is 12.9. The van der Waals surface area contributed by atoms with Crippen LogP contribution in [0.15, 0.2) is 0 Å². The number of rotatable bonds is 5. The van der Waals surface area contributed by atoms with Crippen LogP contribution in [0.25, 0.3) is 0 Å². The molecule has 0 aliphatic heterocycles. The molecule has 0 heterocycles. The van der Waals surface area contributed by atoms with Crippen LogP contribution in [0.2, 0.25) is 0 Å². The summed E-state index contributed by atoms with van der Waals surface area (Å²) in [6, 6.07) is -0.566. The Labute approximate surface area is 96.6 Å². The van der Waals surface area contributed by atoms with Crippen molar-refractivity contribution in [1.29, 1.82) is 0 Å². The molecule has 0 spiro atoms. The lowest BCUT2D eigenvalue weighted by atomic mass is 10.0. The average molecular weight is 230 g/mol. The highest BCUT2D eigenvalue weighted by Crippen LogP contribution is 2.06. The van der Waals surface area contributed by atoms with Crippen molar-refractivity contribution in [1.82, 2.24) is 10.6 Å². The topological polar surface area (TPSA) is 78.4 Å². The van der Waals surface area contributed by atoms with Crippen molar-refractivity contribution in [3.8, 4) is 0 Å². The first kappa shape index (κ1) is 14.9. The summed E-state index contributed by atoms with van der Waals surface area (Å²) in [5, 5.41) is 14.3. The van der Waals surface area contributed by atoms with E-state index >= 15 is 0 Å². The van der Waals surface area contributed by atoms with E-state index in [1.54, 1.807) is 13.8 Å². The van der Waals surface area contributed by atoms with E-state index in [0.717, 1.165) is 0 Å². The number of hydrogen-bond acceptors (Lipinski definition) is 3. The molecule has 0 aliphatic rings. The van der Waals surface area contributed by atoms with Crippen LogP contribution in [0, 0.1) is 5.92 Å². The Morgan fingerprint density at radius 2 is 1.81 bits per heavy atom. The Balaban J connectivity index is 4.57. The fourth-order valence-electron chi connectivity index (χ4n) is 1.20. The minimum Gasteiger partial charge on any atom is -0.394 e. The van der Waals surface area contributed by atoms with Crippen molar-refractivity contribution in [2.24, 2.45) is 5.92 Å². The number of aliphatic hydroxyl groups excluding tert-OH is 1. The Morgan fingerprint density at radius 3 is 2.12 bits per heavy atom. The summed E-state index contributed by atoms with van der Waals surface area (Å²) in [7, 11) is 0. The number of aliphatic hydroxyl groups is 1. The highest BCUT2D eigenvalue weighted by Gasteiger charge is 2.27. The second-order valence-corrected chi connectivity index (χ2v) is 4.95. The molecular formula is C11H22N2O3. The van der Waals surface area contributed by atoms with Crippen molar-refractivity contribution >= 4 is 11.8 Å². The van der Waals surface area contributed by atoms with Gasteiger partial charge in [0.25, 0.3) is 0 Å². The zero-order valence-corrected chi connectivity index (χ0v) is 10.6. The number of hydrogen-bond donors (Lipinski definition) is 3. The Morgan fingerprint density at radius 1 is 1.31 bits per heavy atom. The van der Waals surface area contributed by atoms with Gasteiger partial charge in [0.2, 0.25) is 11.8 Å². The molecule has 0 bridgehead atoms. The maximum atomic E-state index is 11.9. The number of carbonyl (C=O) groups is 2. The van der Waals surface area contributed by atoms with E-state index in [0.29, 0.717) is 0 Å². The molecule has 0 rings (SSSR count). The van der Waals surface area contributed by atoms with E-state index in [9.17, 15) is 9.59 Å². The molecule has 5 nitrogen and oxygen atoms in total. The number of carbonyl (C=O) groups excluding carboxylic acids is 2. The molecular weight excluding hydrogens is 208 g/mol. The fraction of sp³-hybridized carbons (Fsp3) is 0.818. The van der Waals surface area contributed by atoms with Crippen molar-refractivity contribution < 1.29 is 14.7 Å². The maximum Gasteiger partial charge on any atom is 0.243 e. The number of nitrogens with one attached hydrogen (secondary N) is 2. The first-order valence-corrected chi connectivity index (χ1v) is 5.39. The maximum absolute atomic E-state index is 11.9. The van der Waals surface area contributed by atoms with Gasteiger partial charge in [-0.3, -0.25) is 9.59 Å². The first-order valence-electron chi connectivity index (χ1n) is 5.39. The SMILES string of the molecule is CC(=O)NC(C(=O)NC(C)(C)CO)C(C)C. The molecule has 0 aromatic carbocycles. The summed E-state index contributed by atoms with van der Waals surface area (Å²) in [6.45, 7) is 8.37. The van der Waals surface area contributed by atoms with Gasteiger partial charge in [-0.05, 0) is 19.8 Å². The molecule has 0 saturated carbocycles. The summed E-state index contributed by atoms with van der Waals surface area (Å²) in [5.41, 5.74) is -0.678. The van der Waals surface area contributed by atoms with E-state index in [4.69, 9.17) is 5.11 Å². The summed E-state index contributed by atoms with van der Waals surface area (Å²) >= 11 is 0. The first-order chi connectivity index (χ1) is 7.19. The van der Waals surface area contributed by atoms with Crippen molar-refractivity contribution in [3.63, 3.8) is 0 Å². The molecule has 0 aliphatic carbocycles. The highest BCUT2D eigenvalue weighted by atomic mass is 16.3. The van der Waals surface area contributed by atoms with Gasteiger partial charge in [0, 0.05) is 6.92 Å². The fourth-order valence-corrected chi connectivity index (χ4v) is 1.20. The average Bonchev–Trinajstić information content (AvgIpc) is 2.12. The minimum atomic E-state index is -0.678. The lowest BCUT2D eigenvalue weighted by Gasteiger charge is -2.28. The van der Waals surface area contributed by atoms with Crippen LogP contribution in [-0.2, 0) is 9.59 Å². The van der Waals surface area contributed by atoms with Gasteiger partial charge in [0.1, 0.15) is 6.04 Å². The summed E-state index contributed by atoms with van der Waals surface area (Å²) in [5.74, 6) is -0.515. The van der Waals surface area contributed by atoms with Gasteiger partial charge in [-0.15, -0.1) is 0 Å². The van der Waals surface area contributed by atoms with Crippen molar-refractivity contribution in [3.05, 3.63) is 0 Å². The summed E-state index contributed by atoms with van der Waals surface area (Å²) in [6.07, 6.45) is 0. The highest BCUT2D eigenvalue weighted by molar-refractivity contribution is 5.87. The molecule has 1 unspecified atom stereocenters. The quantitative estimate of drug-likeness (QED) is 0.623. The van der Waals surface area contributed by atoms with Crippen LogP contribution in [0.4, 0.5) is 0 Å². The zero-order valence-electron chi connectivity index (χ0n) is 10.6. The van der Waals surface area contributed by atoms with Gasteiger partial charge in [-0.1, -0.05) is 13.8 Å². The third kappa shape index (κ3) is 5.11. The predicted molar refractivity (Wildman–Crippen MR) is 61.8 cm³/mol. The standard InChI is InChI=1S/C11H22N2O3/c1-7(2)9(12-8(3)15)10(16)13-11(4,5)6-14/h7,9,14H,6H2,1-5H3,(H,12,15)(H,13,16). The van der Waals surface area contributed by atoms with E-state index in [-0.39, 0.29) is 24.3 Å². The molecule has 0 radical (unpaired) electrons. The Hall–Kier alpha value is -1.10. The van der Waals surface area contributed by atoms with Crippen LogP contribution in [-0.4, -0.2) is 35.1 Å². The van der Waals surface area contributed by atoms with Crippen molar-refractivity contribution in [2.75, 3.05) is 6.61 Å². The van der Waals surface area contributed by atoms with Gasteiger partial charge in [-0.25, -0.2) is 0 Å². The monoisotopic (exact) mass is 230 g/mol. The molecule has 0 fully saturated rings. The molecule has 1 atom stereocenters. The third-order valence-corrected chi connectivity index (χ3v) is 2.16. The van der Waals surface area contributed by atoms with Crippen LogP contribution in [0.1, 0.15) is 34.6 Å². The predicted octanol–water partition coefficient (Wildman–Crippen LogP) is 0.0342. The van der Waals surface area contributed by atoms with Crippen LogP contribution in [0.5, 0.6) is 0 Å². The molecule has 94 valence electrons. The summed E-state index contributed by atoms with van der Waals surface area (Å²) < 4.78 is 0. The molecule has 0 saturated heterocycles. The molecule has 5 heteroatoms. The molecule has 0 aromatic rings. The van der Waals surface area contributed by atoms with Crippen LogP contribution in [0.3, 0.4) is 0 Å². The van der Waals surface area contributed by atoms with Gasteiger partial charge in [-0.2, -0.15) is 0 Å². The van der Waals surface area contributed by atoms with E-state index in [1.165, 1.54) is 6.92 Å². The number of amides is 2. The normalized spacial score (nSPS) is 13.4. The van der Waals surface area contributed by atoms with Gasteiger partial charge in [0.05, 0.1) is 12.1 Å². The smallest absolute Gasteiger partial charge is 0.243 e. The Kier molecular flexibility index (Phi) is 5.44. The summed E-state index contributed by atoms with van der Waals surface area (Å²) in [4.78, 5) is 22.8. The van der Waals surface area contributed by atoms with Gasteiger partial charge >= 0.3 is 0 Å². The van der Waals surface area contributed by atoms with E-state index < -0.39 is 11.6 Å². The van der Waals surface area contributed by atoms with Gasteiger partial charge in [0.15, 0.2) is 0 Å². The van der Waals surface area contributed by atoms with Crippen LogP contribution < -0.4 is 10.6 Å². The van der Waals surface area contributed by atoms with E-state index in [2.05, 4.69) is 10.6 Å². The lowest BCUT2D eigenvalue weighted by molar-refractivity contribution is -0.130. The van der Waals surface area contributed by atoms with Crippen LogP contribution >= 0.6 is 0 Å². The molecule has 3 N–H and O–H groups in total. The molecule has 16 heavy (non-hydrogen) atoms. The Bertz CT molecular complexity index is 262. The molecule has 2 amide bonds. The van der Waals surface area contributed by atoms with Gasteiger partial charge < -0.3 is 15.7 Å². The largest absolute Gasteiger partial charge is 0.394 e. The second kappa shape index (κ2) is 5.84. The van der Waals surface area contributed by atoms with E-state index in [1.807, 2.05) is 13.8 Å². The third-order valence-electron chi connectivity index (χ3n) is 2.16. The minimum absolute atomic E-state index is 0.00149. The lowest BCUT2D eigenvalue weighted by Crippen LogP contribution is -2.56. The second-order valence-electron chi connectivity index (χ2n) is 4.95. The van der Waals surface area contributed by atoms with Crippen molar-refractivity contribution in [2.45, 2.75) is 46.2 Å². The molecule has 0 aromatic heterocycles.